The minimum atomic E-state index is -1.67. The van der Waals surface area contributed by atoms with Gasteiger partial charge < -0.3 is 5.11 Å². The number of benzene rings is 2. The number of allylic oxidation sites excluding steroid dienone is 3. The first-order chi connectivity index (χ1) is 15.6. The SMILES string of the molecule is C=C(/C=C\C)c1cc(N(Cc2cccc(C)c2)S(=O)c2cc(C)c(Cl)cc2C)c(C(=O)O)s1. The number of rotatable bonds is 8. The van der Waals surface area contributed by atoms with Crippen LogP contribution in [0.3, 0.4) is 0 Å². The second-order valence-electron chi connectivity index (χ2n) is 7.80. The number of thiophene rings is 1. The zero-order valence-electron chi connectivity index (χ0n) is 19.0. The molecule has 1 heterocycles. The first-order valence-electron chi connectivity index (χ1n) is 10.3. The summed E-state index contributed by atoms with van der Waals surface area (Å²) in [6, 6.07) is 13.3. The number of hydrogen-bond acceptors (Lipinski definition) is 3. The minimum absolute atomic E-state index is 0.125. The Morgan fingerprint density at radius 1 is 1.18 bits per heavy atom. The maximum atomic E-state index is 14.0. The van der Waals surface area contributed by atoms with Gasteiger partial charge in [-0.3, -0.25) is 4.31 Å². The van der Waals surface area contributed by atoms with Crippen molar-refractivity contribution in [3.63, 3.8) is 0 Å². The molecule has 4 nitrogen and oxygen atoms in total. The molecule has 0 aliphatic carbocycles. The van der Waals surface area contributed by atoms with Gasteiger partial charge >= 0.3 is 5.97 Å². The molecule has 0 spiro atoms. The Hall–Kier alpha value is -2.67. The van der Waals surface area contributed by atoms with E-state index in [0.717, 1.165) is 38.5 Å². The third-order valence-corrected chi connectivity index (χ3v) is 8.25. The van der Waals surface area contributed by atoms with Gasteiger partial charge in [0.15, 0.2) is 11.0 Å². The van der Waals surface area contributed by atoms with E-state index >= 15 is 0 Å². The number of aromatic carboxylic acids is 1. The molecule has 1 unspecified atom stereocenters. The van der Waals surface area contributed by atoms with E-state index in [1.807, 2.05) is 70.2 Å². The molecule has 0 bridgehead atoms. The van der Waals surface area contributed by atoms with Crippen molar-refractivity contribution in [2.24, 2.45) is 0 Å². The number of halogens is 1. The van der Waals surface area contributed by atoms with E-state index in [2.05, 4.69) is 6.58 Å². The van der Waals surface area contributed by atoms with Crippen LogP contribution in [0.2, 0.25) is 5.02 Å². The molecule has 1 atom stereocenters. The van der Waals surface area contributed by atoms with Crippen LogP contribution < -0.4 is 4.31 Å². The molecular weight excluding hydrogens is 474 g/mol. The van der Waals surface area contributed by atoms with E-state index in [4.69, 9.17) is 11.6 Å². The molecule has 0 radical (unpaired) electrons. The maximum Gasteiger partial charge on any atom is 0.348 e. The standard InChI is InChI=1S/C26H26ClNO3S2/c1-6-8-17(3)23-14-22(25(32-23)26(29)30)28(15-20-10-7-9-16(2)11-20)33(31)24-13-18(4)21(27)12-19(24)5/h6-14H,3,15H2,1-2,4-5H3,(H,29,30)/b8-6-. The van der Waals surface area contributed by atoms with Crippen molar-refractivity contribution in [3.8, 4) is 0 Å². The Morgan fingerprint density at radius 2 is 1.91 bits per heavy atom. The van der Waals surface area contributed by atoms with E-state index in [1.54, 1.807) is 16.4 Å². The van der Waals surface area contributed by atoms with E-state index in [0.29, 0.717) is 21.2 Å². The lowest BCUT2D eigenvalue weighted by Crippen LogP contribution is -2.27. The average molecular weight is 500 g/mol. The number of carbonyl (C=O) groups is 1. The van der Waals surface area contributed by atoms with Gasteiger partial charge in [0, 0.05) is 9.90 Å². The summed E-state index contributed by atoms with van der Waals surface area (Å²) >= 11 is 7.40. The van der Waals surface area contributed by atoms with E-state index < -0.39 is 17.0 Å². The van der Waals surface area contributed by atoms with Gasteiger partial charge in [-0.25, -0.2) is 9.00 Å². The van der Waals surface area contributed by atoms with Crippen LogP contribution in [0.1, 0.15) is 43.7 Å². The van der Waals surface area contributed by atoms with Gasteiger partial charge in [0.25, 0.3) is 0 Å². The molecule has 2 aromatic carbocycles. The Balaban J connectivity index is 2.19. The third kappa shape index (κ3) is 5.64. The second kappa shape index (κ2) is 10.5. The van der Waals surface area contributed by atoms with Crippen LogP contribution in [0.4, 0.5) is 5.69 Å². The fraction of sp³-hybridized carbons (Fsp3) is 0.192. The van der Waals surface area contributed by atoms with E-state index in [1.165, 1.54) is 0 Å². The van der Waals surface area contributed by atoms with Crippen molar-refractivity contribution in [1.29, 1.82) is 0 Å². The van der Waals surface area contributed by atoms with Crippen molar-refractivity contribution in [3.05, 3.63) is 98.2 Å². The van der Waals surface area contributed by atoms with Crippen molar-refractivity contribution in [1.82, 2.24) is 0 Å². The molecule has 1 aromatic heterocycles. The summed E-state index contributed by atoms with van der Waals surface area (Å²) in [5.74, 6) is -1.07. The van der Waals surface area contributed by atoms with Crippen molar-refractivity contribution in [2.45, 2.75) is 39.1 Å². The van der Waals surface area contributed by atoms with Crippen molar-refractivity contribution in [2.75, 3.05) is 4.31 Å². The first kappa shape index (κ1) is 25.0. The van der Waals surface area contributed by atoms with Crippen molar-refractivity contribution >= 4 is 51.2 Å². The van der Waals surface area contributed by atoms with Gasteiger partial charge in [-0.1, -0.05) is 60.2 Å². The van der Waals surface area contributed by atoms with Crippen LogP contribution in [0.5, 0.6) is 0 Å². The molecule has 0 amide bonds. The van der Waals surface area contributed by atoms with Crippen LogP contribution in [0.25, 0.3) is 5.57 Å². The molecule has 3 rings (SSSR count). The number of carboxylic acids is 1. The van der Waals surface area contributed by atoms with E-state index in [-0.39, 0.29) is 11.4 Å². The van der Waals surface area contributed by atoms with Gasteiger partial charge in [0.05, 0.1) is 17.1 Å². The highest BCUT2D eigenvalue weighted by molar-refractivity contribution is 7.86. The van der Waals surface area contributed by atoms with Crippen molar-refractivity contribution < 1.29 is 14.1 Å². The normalized spacial score (nSPS) is 12.2. The second-order valence-corrected chi connectivity index (χ2v) is 10.6. The summed E-state index contributed by atoms with van der Waals surface area (Å²) in [7, 11) is -1.67. The van der Waals surface area contributed by atoms with Crippen LogP contribution in [0.15, 0.2) is 66.1 Å². The van der Waals surface area contributed by atoms with Crippen LogP contribution in [0, 0.1) is 20.8 Å². The molecule has 0 saturated heterocycles. The van der Waals surface area contributed by atoms with Gasteiger partial charge in [-0.05, 0) is 68.2 Å². The number of anilines is 1. The predicted molar refractivity (Wildman–Crippen MR) is 140 cm³/mol. The van der Waals surface area contributed by atoms with Gasteiger partial charge in [0.2, 0.25) is 0 Å². The summed E-state index contributed by atoms with van der Waals surface area (Å²) in [5.41, 5.74) is 4.71. The Kier molecular flexibility index (Phi) is 7.95. The molecule has 0 aliphatic rings. The highest BCUT2D eigenvalue weighted by Gasteiger charge is 2.27. The maximum absolute atomic E-state index is 14.0. The van der Waals surface area contributed by atoms with Crippen LogP contribution >= 0.6 is 22.9 Å². The highest BCUT2D eigenvalue weighted by Crippen LogP contribution is 2.38. The quantitative estimate of drug-likeness (QED) is 0.330. The largest absolute Gasteiger partial charge is 0.477 e. The molecule has 172 valence electrons. The lowest BCUT2D eigenvalue weighted by atomic mass is 10.1. The highest BCUT2D eigenvalue weighted by atomic mass is 35.5. The summed E-state index contributed by atoms with van der Waals surface area (Å²) < 4.78 is 15.6. The zero-order valence-corrected chi connectivity index (χ0v) is 21.4. The summed E-state index contributed by atoms with van der Waals surface area (Å²) in [5, 5.41) is 10.6. The van der Waals surface area contributed by atoms with Gasteiger partial charge in [-0.15, -0.1) is 11.3 Å². The zero-order chi connectivity index (χ0) is 24.3. The molecule has 7 heteroatoms. The molecule has 0 saturated carbocycles. The smallest absolute Gasteiger partial charge is 0.348 e. The lowest BCUT2D eigenvalue weighted by molar-refractivity contribution is 0.0703. The number of carboxylic acid groups (broad SMARTS) is 1. The summed E-state index contributed by atoms with van der Waals surface area (Å²) in [6.07, 6.45) is 3.68. The van der Waals surface area contributed by atoms with Crippen LogP contribution in [-0.4, -0.2) is 15.3 Å². The monoisotopic (exact) mass is 499 g/mol. The summed E-state index contributed by atoms with van der Waals surface area (Å²) in [6.45, 7) is 11.9. The fourth-order valence-electron chi connectivity index (χ4n) is 3.43. The fourth-order valence-corrected chi connectivity index (χ4v) is 6.10. The Labute approximate surface area is 206 Å². The lowest BCUT2D eigenvalue weighted by Gasteiger charge is -2.25. The summed E-state index contributed by atoms with van der Waals surface area (Å²) in [4.78, 5) is 13.6. The minimum Gasteiger partial charge on any atom is -0.477 e. The Bertz CT molecular complexity index is 1280. The topological polar surface area (TPSA) is 57.6 Å². The predicted octanol–water partition coefficient (Wildman–Crippen LogP) is 7.34. The van der Waals surface area contributed by atoms with Gasteiger partial charge in [0.1, 0.15) is 4.88 Å². The average Bonchev–Trinajstić information content (AvgIpc) is 3.20. The molecule has 1 N–H and O–H groups in total. The molecule has 0 aliphatic heterocycles. The Morgan fingerprint density at radius 3 is 2.55 bits per heavy atom. The molecule has 33 heavy (non-hydrogen) atoms. The molecule has 0 fully saturated rings. The molecular formula is C26H26ClNO3S2. The number of aryl methyl sites for hydroxylation is 3. The number of nitrogens with zero attached hydrogens (tertiary/aromatic N) is 1. The van der Waals surface area contributed by atoms with Gasteiger partial charge in [-0.2, -0.15) is 0 Å². The first-order valence-corrected chi connectivity index (χ1v) is 12.6. The van der Waals surface area contributed by atoms with E-state index in [9.17, 15) is 14.1 Å². The third-order valence-electron chi connectivity index (χ3n) is 5.11. The number of hydrogen-bond donors (Lipinski definition) is 1. The van der Waals surface area contributed by atoms with Crippen LogP contribution in [-0.2, 0) is 17.5 Å². The molecule has 3 aromatic rings.